The zero-order valence-corrected chi connectivity index (χ0v) is 48.2. The van der Waals surface area contributed by atoms with Crippen molar-refractivity contribution in [2.45, 2.75) is 119 Å². The Kier molecular flexibility index (Phi) is 20.0. The Hall–Kier alpha value is -4.68. The summed E-state index contributed by atoms with van der Waals surface area (Å²) in [5, 5.41) is 24.0. The minimum absolute atomic E-state index is 0.0225. The normalized spacial score (nSPS) is 25.6. The standard InChI is InChI=1S/C47H65N8O20P3S2/c1-5-53(32-17-19-33(20-18-32)79(65,66)67)36-14-13-15-39-47(4,31(3)30(36)2)35-26-34(80(68,69)70)21-22-37(35)54(39)24-11-8-9-16-40(56)49-23-10-6-7-12-25-71-76(59,60)74-78(63,64)75-77(61,62)72-27-38-42(57)43(58)46(73-38)55-29-52-41-44(48)50-28-51-45(41)55/h13-15,17-22,26,28-31,38,42-43,46,57-58H,5-12,16,23-25,27H2,1-4H3,(H7-,48,49,50,51,56,59,60,61,62,63,64,65,66,67,68,69,70)/t30?,31?,38-,42-,43-,46-,47?/m1/s1. The van der Waals surface area contributed by atoms with Crippen molar-refractivity contribution in [3.05, 3.63) is 84.6 Å². The van der Waals surface area contributed by atoms with E-state index in [-0.39, 0.29) is 57.4 Å². The molecule has 4 heterocycles. The maximum atomic E-state index is 12.7. The molecule has 4 aromatic rings. The average Bonchev–Trinajstić information content (AvgIpc) is 4.24. The lowest BCUT2D eigenvalue weighted by atomic mass is 9.64. The first-order chi connectivity index (χ1) is 37.5. The number of aliphatic hydroxyl groups is 2. The number of aliphatic hydroxyl groups excluding tert-OH is 2. The van der Waals surface area contributed by atoms with Gasteiger partial charge in [0.2, 0.25) is 11.6 Å². The molecule has 2 aromatic heterocycles. The van der Waals surface area contributed by atoms with Crippen molar-refractivity contribution in [1.29, 1.82) is 0 Å². The highest BCUT2D eigenvalue weighted by molar-refractivity contribution is 7.86. The van der Waals surface area contributed by atoms with E-state index in [9.17, 15) is 69.3 Å². The minimum atomic E-state index is -5.81. The number of benzene rings is 2. The van der Waals surface area contributed by atoms with Gasteiger partial charge in [-0.3, -0.25) is 23.0 Å². The first-order valence-corrected chi connectivity index (χ1v) is 32.7. The second-order valence-corrected chi connectivity index (χ2v) is 27.0. The van der Waals surface area contributed by atoms with Gasteiger partial charge in [-0.15, -0.1) is 0 Å². The molecule has 0 radical (unpaired) electrons. The summed E-state index contributed by atoms with van der Waals surface area (Å²) in [6.07, 6.45) is 5.88. The van der Waals surface area contributed by atoms with E-state index in [0.717, 1.165) is 23.4 Å². The van der Waals surface area contributed by atoms with Gasteiger partial charge < -0.3 is 50.1 Å². The molecule has 7 rings (SSSR count). The second-order valence-electron chi connectivity index (χ2n) is 19.5. The zero-order valence-electron chi connectivity index (χ0n) is 43.9. The molecule has 2 aliphatic heterocycles. The van der Waals surface area contributed by atoms with Gasteiger partial charge in [-0.2, -0.15) is 21.6 Å². The number of amides is 1. The molecule has 440 valence electrons. The van der Waals surface area contributed by atoms with E-state index in [4.69, 9.17) is 15.0 Å². The molecule has 1 aliphatic carbocycles. The molecular formula is C47H65N8O20P3S2. The quantitative estimate of drug-likeness (QED) is 0.0167. The number of rotatable bonds is 27. The third kappa shape index (κ3) is 14.7. The molecule has 2 aromatic carbocycles. The lowest BCUT2D eigenvalue weighted by molar-refractivity contribution is -0.438. The summed E-state index contributed by atoms with van der Waals surface area (Å²) in [7, 11) is -25.9. The molecular weight excluding hydrogens is 1150 g/mol. The molecule has 10 atom stereocenters. The van der Waals surface area contributed by atoms with Crippen molar-refractivity contribution >= 4 is 83.7 Å². The van der Waals surface area contributed by atoms with Crippen LogP contribution in [-0.4, -0.2) is 138 Å². The number of nitrogen functional groups attached to an aromatic ring is 1. The zero-order chi connectivity index (χ0) is 58.6. The number of imidazole rings is 1. The van der Waals surface area contributed by atoms with Crippen molar-refractivity contribution in [1.82, 2.24) is 24.8 Å². The number of hydrogen-bond donors (Lipinski definition) is 8. The summed E-state index contributed by atoms with van der Waals surface area (Å²) in [5.74, 6) is -0.477. The SMILES string of the molecule is CCN(/C1=C/C=C/C2=[N+](CCCCCC(=O)NCCCCCCOP(=O)(O)OP(=O)(O)OP(=O)(O)OC[C@H]3O[C@@H](n4cnc5c(N)ncnc54)[C@H](O)[C@@H]3O)c3ccc(S(=O)(=O)[O-])cc3C2(C)C(C)C1C)c1ccc(S(=O)(=O)O)cc1. The van der Waals surface area contributed by atoms with Gasteiger partial charge >= 0.3 is 23.5 Å². The maximum absolute atomic E-state index is 12.7. The fourth-order valence-corrected chi connectivity index (χ4v) is 14.6. The van der Waals surface area contributed by atoms with Crippen LogP contribution >= 0.6 is 23.5 Å². The number of aromatic nitrogens is 4. The smallest absolute Gasteiger partial charge is 0.490 e. The highest BCUT2D eigenvalue weighted by Gasteiger charge is 2.54. The summed E-state index contributed by atoms with van der Waals surface area (Å²) in [4.78, 5) is 56.2. The molecule has 3 aliphatic rings. The number of phosphoric acid groups is 3. The first-order valence-electron chi connectivity index (χ1n) is 25.4. The van der Waals surface area contributed by atoms with Crippen LogP contribution in [0.15, 0.2) is 88.8 Å². The van der Waals surface area contributed by atoms with Crippen molar-refractivity contribution in [2.24, 2.45) is 11.8 Å². The number of hydrogen-bond acceptors (Lipinski definition) is 21. The Morgan fingerprint density at radius 1 is 0.900 bits per heavy atom. The number of nitrogens with one attached hydrogen (secondary N) is 1. The highest BCUT2D eigenvalue weighted by Crippen LogP contribution is 2.68. The number of nitrogens with two attached hydrogens (primary N) is 1. The van der Waals surface area contributed by atoms with Crippen molar-refractivity contribution in [3.8, 4) is 0 Å². The van der Waals surface area contributed by atoms with Gasteiger partial charge in [-0.1, -0.05) is 32.8 Å². The van der Waals surface area contributed by atoms with Crippen LogP contribution in [0.2, 0.25) is 0 Å². The number of carbonyl (C=O) groups excluding carboxylic acids is 1. The van der Waals surface area contributed by atoms with Gasteiger partial charge in [0, 0.05) is 60.9 Å². The molecule has 1 amide bonds. The van der Waals surface area contributed by atoms with E-state index < -0.39 is 86.9 Å². The lowest BCUT2D eigenvalue weighted by Crippen LogP contribution is -2.43. The number of allylic oxidation sites excluding steroid dienone is 4. The topological polar surface area (TPSA) is 415 Å². The van der Waals surface area contributed by atoms with E-state index >= 15 is 0 Å². The fraction of sp³-hybridized carbons (Fsp3) is 0.511. The highest BCUT2D eigenvalue weighted by atomic mass is 32.2. The van der Waals surface area contributed by atoms with E-state index in [1.54, 1.807) is 18.2 Å². The number of phosphoric ester groups is 2. The number of anilines is 2. The van der Waals surface area contributed by atoms with Crippen LogP contribution in [0.4, 0.5) is 17.2 Å². The fourth-order valence-electron chi connectivity index (χ4n) is 10.1. The van der Waals surface area contributed by atoms with Gasteiger partial charge in [0.1, 0.15) is 46.8 Å². The van der Waals surface area contributed by atoms with Crippen molar-refractivity contribution in [2.75, 3.05) is 43.5 Å². The molecule has 33 heteroatoms. The Bertz CT molecular complexity index is 3400. The van der Waals surface area contributed by atoms with Crippen molar-refractivity contribution < 1.29 is 96.3 Å². The van der Waals surface area contributed by atoms with Gasteiger partial charge in [0.15, 0.2) is 23.4 Å². The molecule has 1 saturated heterocycles. The predicted octanol–water partition coefficient (Wildman–Crippen LogP) is 5.09. The number of ether oxygens (including phenoxy) is 1. The van der Waals surface area contributed by atoms with Crippen LogP contribution in [0.25, 0.3) is 11.2 Å². The van der Waals surface area contributed by atoms with E-state index in [1.807, 2.05) is 37.0 Å². The van der Waals surface area contributed by atoms with Crippen molar-refractivity contribution in [3.63, 3.8) is 0 Å². The maximum Gasteiger partial charge on any atom is 0.490 e. The molecule has 0 saturated carbocycles. The third-order valence-corrected chi connectivity index (χ3v) is 20.4. The molecule has 0 bridgehead atoms. The number of nitrogens with zero attached hydrogens (tertiary/aromatic N) is 6. The lowest BCUT2D eigenvalue weighted by Gasteiger charge is -2.40. The number of carbonyl (C=O) groups is 1. The summed E-state index contributed by atoms with van der Waals surface area (Å²) >= 11 is 0. The van der Waals surface area contributed by atoms with Crippen LogP contribution < -0.4 is 16.0 Å². The second kappa shape index (κ2) is 25.4. The van der Waals surface area contributed by atoms with Crippen LogP contribution in [-0.2, 0) is 66.5 Å². The van der Waals surface area contributed by atoms with Crippen LogP contribution in [0.3, 0.4) is 0 Å². The van der Waals surface area contributed by atoms with Gasteiger partial charge in [0.05, 0.1) is 34.7 Å². The summed E-state index contributed by atoms with van der Waals surface area (Å²) in [6.45, 7) is 8.10. The first kappa shape index (κ1) is 62.9. The largest absolute Gasteiger partial charge is 0.744 e. The number of fused-ring (bicyclic) bond motifs is 4. The Balaban J connectivity index is 0.825. The molecule has 6 unspecified atom stereocenters. The summed E-state index contributed by atoms with van der Waals surface area (Å²) in [5.41, 5.74) is 9.27. The van der Waals surface area contributed by atoms with Crippen LogP contribution in [0, 0.1) is 11.8 Å². The Morgan fingerprint density at radius 3 is 2.24 bits per heavy atom. The minimum Gasteiger partial charge on any atom is -0.744 e. The molecule has 1 fully saturated rings. The molecule has 0 spiro atoms. The summed E-state index contributed by atoms with van der Waals surface area (Å²) in [6, 6.07) is 10.4. The van der Waals surface area contributed by atoms with Crippen LogP contribution in [0.5, 0.6) is 0 Å². The van der Waals surface area contributed by atoms with E-state index in [0.29, 0.717) is 69.4 Å². The monoisotopic (exact) mass is 1220 g/mol. The van der Waals surface area contributed by atoms with Gasteiger partial charge in [-0.25, -0.2) is 37.1 Å². The average molecular weight is 1220 g/mol. The van der Waals surface area contributed by atoms with Gasteiger partial charge in [0.25, 0.3) is 10.1 Å². The molecule has 80 heavy (non-hydrogen) atoms. The molecule has 28 nitrogen and oxygen atoms in total. The Morgan fingerprint density at radius 2 is 1.56 bits per heavy atom. The van der Waals surface area contributed by atoms with E-state index in [2.05, 4.69) is 51.8 Å². The predicted molar refractivity (Wildman–Crippen MR) is 286 cm³/mol. The van der Waals surface area contributed by atoms with Crippen LogP contribution in [0.1, 0.15) is 90.9 Å². The Labute approximate surface area is 461 Å². The third-order valence-electron chi connectivity index (χ3n) is 14.4. The van der Waals surface area contributed by atoms with E-state index in [1.165, 1.54) is 35.2 Å². The number of unbranched alkanes of at least 4 members (excludes halogenated alkanes) is 5. The van der Waals surface area contributed by atoms with Gasteiger partial charge in [-0.05, 0) is 87.9 Å². The molecule has 9 N–H and O–H groups in total. The summed E-state index contributed by atoms with van der Waals surface area (Å²) < 4.78 is 134.